The number of anilines is 1. The lowest BCUT2D eigenvalue weighted by Gasteiger charge is -2.09. The van der Waals surface area contributed by atoms with Gasteiger partial charge in [-0.2, -0.15) is 0 Å². The van der Waals surface area contributed by atoms with Gasteiger partial charge in [-0.25, -0.2) is 4.79 Å². The van der Waals surface area contributed by atoms with Crippen molar-refractivity contribution in [1.29, 1.82) is 0 Å². The molecule has 33 heavy (non-hydrogen) atoms. The molecule has 0 saturated heterocycles. The zero-order valence-electron chi connectivity index (χ0n) is 17.7. The third kappa shape index (κ3) is 5.52. The van der Waals surface area contributed by atoms with Crippen LogP contribution in [0.2, 0.25) is 0 Å². The van der Waals surface area contributed by atoms with Crippen molar-refractivity contribution in [2.45, 2.75) is 6.42 Å². The predicted molar refractivity (Wildman–Crippen MR) is 128 cm³/mol. The van der Waals surface area contributed by atoms with Crippen LogP contribution in [-0.2, 0) is 11.2 Å². The molecule has 1 aromatic heterocycles. The molecule has 0 unspecified atom stereocenters. The van der Waals surface area contributed by atoms with E-state index in [-0.39, 0.29) is 17.9 Å². The maximum Gasteiger partial charge on any atom is 0.336 e. The summed E-state index contributed by atoms with van der Waals surface area (Å²) in [6, 6.07) is 25.4. The fraction of sp³-hybridized carbons (Fsp3) is 0.0357. The van der Waals surface area contributed by atoms with Crippen molar-refractivity contribution in [3.8, 4) is 23.0 Å². The first kappa shape index (κ1) is 21.5. The van der Waals surface area contributed by atoms with Gasteiger partial charge in [-0.15, -0.1) is 0 Å². The number of pyridine rings is 1. The molecular weight excluding hydrogens is 412 g/mol. The zero-order valence-corrected chi connectivity index (χ0v) is 17.7. The van der Waals surface area contributed by atoms with Crippen LogP contribution in [0, 0.1) is 11.8 Å². The Morgan fingerprint density at radius 3 is 2.33 bits per heavy atom. The van der Waals surface area contributed by atoms with Crippen LogP contribution in [0.25, 0.3) is 11.1 Å². The molecule has 1 amide bonds. The lowest BCUT2D eigenvalue weighted by atomic mass is 9.94. The molecule has 4 rings (SSSR count). The maximum atomic E-state index is 12.2. The third-order valence-electron chi connectivity index (χ3n) is 4.96. The van der Waals surface area contributed by atoms with Crippen LogP contribution < -0.4 is 5.32 Å². The number of benzene rings is 3. The van der Waals surface area contributed by atoms with Crippen LogP contribution in [0.4, 0.5) is 5.69 Å². The van der Waals surface area contributed by atoms with Crippen molar-refractivity contribution in [1.82, 2.24) is 4.98 Å². The number of carbonyl (C=O) groups excluding carboxylic acids is 1. The Balaban J connectivity index is 1.54. The highest BCUT2D eigenvalue weighted by molar-refractivity contribution is 5.98. The summed E-state index contributed by atoms with van der Waals surface area (Å²) in [6.45, 7) is 0. The van der Waals surface area contributed by atoms with Gasteiger partial charge in [0, 0.05) is 22.9 Å². The monoisotopic (exact) mass is 432 g/mol. The highest BCUT2D eigenvalue weighted by Gasteiger charge is 2.14. The summed E-state index contributed by atoms with van der Waals surface area (Å²) in [5.74, 6) is 5.10. The Kier molecular flexibility index (Phi) is 6.58. The first-order valence-electron chi connectivity index (χ1n) is 10.3. The molecule has 0 atom stereocenters. The standard InChI is InChI=1S/C28H20N2O3/c31-26(30-24-9-5-17-29-19-24)18-21-13-11-20(12-14-21)15-16-23-8-4-10-25(28(32)33)27(23)22-6-2-1-3-7-22/h1-14,17,19H,18H2,(H,30,31)(H,32,33). The van der Waals surface area contributed by atoms with Crippen LogP contribution in [-0.4, -0.2) is 22.0 Å². The third-order valence-corrected chi connectivity index (χ3v) is 4.96. The first-order valence-corrected chi connectivity index (χ1v) is 10.3. The van der Waals surface area contributed by atoms with Crippen LogP contribution in [0.3, 0.4) is 0 Å². The molecule has 0 aliphatic rings. The second-order valence-corrected chi connectivity index (χ2v) is 7.31. The Morgan fingerprint density at radius 2 is 1.64 bits per heavy atom. The predicted octanol–water partition coefficient (Wildman–Crippen LogP) is 5.03. The Hall–Kier alpha value is -4.69. The first-order chi connectivity index (χ1) is 16.1. The van der Waals surface area contributed by atoms with Gasteiger partial charge in [0.2, 0.25) is 5.91 Å². The van der Waals surface area contributed by atoms with E-state index in [4.69, 9.17) is 0 Å². The highest BCUT2D eigenvalue weighted by Crippen LogP contribution is 2.27. The molecule has 0 spiro atoms. The molecule has 3 aromatic carbocycles. The van der Waals surface area contributed by atoms with Crippen LogP contribution in [0.15, 0.2) is 97.3 Å². The molecule has 0 fully saturated rings. The van der Waals surface area contributed by atoms with Crippen molar-refractivity contribution < 1.29 is 14.7 Å². The minimum Gasteiger partial charge on any atom is -0.478 e. The minimum absolute atomic E-state index is 0.125. The van der Waals surface area contributed by atoms with Crippen LogP contribution in [0.1, 0.15) is 27.0 Å². The largest absolute Gasteiger partial charge is 0.478 e. The Labute approximate surface area is 191 Å². The van der Waals surface area contributed by atoms with Crippen molar-refractivity contribution in [2.24, 2.45) is 0 Å². The van der Waals surface area contributed by atoms with E-state index in [0.29, 0.717) is 16.8 Å². The molecule has 5 heteroatoms. The molecule has 1 heterocycles. The number of hydrogen-bond donors (Lipinski definition) is 2. The van der Waals surface area contributed by atoms with Gasteiger partial charge < -0.3 is 10.4 Å². The van der Waals surface area contributed by atoms with E-state index < -0.39 is 5.97 Å². The fourth-order valence-corrected chi connectivity index (χ4v) is 3.42. The van der Waals surface area contributed by atoms with Crippen molar-refractivity contribution in [3.63, 3.8) is 0 Å². The number of carbonyl (C=O) groups is 2. The second-order valence-electron chi connectivity index (χ2n) is 7.31. The Bertz CT molecular complexity index is 1340. The van der Waals surface area contributed by atoms with E-state index in [0.717, 1.165) is 16.7 Å². The van der Waals surface area contributed by atoms with E-state index in [1.807, 2.05) is 60.7 Å². The number of carboxylic acid groups (broad SMARTS) is 1. The quantitative estimate of drug-likeness (QED) is 0.434. The number of nitrogens with one attached hydrogen (secondary N) is 1. The highest BCUT2D eigenvalue weighted by atomic mass is 16.4. The molecule has 2 N–H and O–H groups in total. The molecule has 160 valence electrons. The smallest absolute Gasteiger partial charge is 0.336 e. The summed E-state index contributed by atoms with van der Waals surface area (Å²) in [5.41, 5.74) is 4.54. The average Bonchev–Trinajstić information content (AvgIpc) is 2.84. The number of aromatic nitrogens is 1. The number of amides is 1. The Morgan fingerprint density at radius 1 is 0.848 bits per heavy atom. The van der Waals surface area contributed by atoms with Gasteiger partial charge in [-0.1, -0.05) is 60.4 Å². The van der Waals surface area contributed by atoms with E-state index in [1.54, 1.807) is 36.7 Å². The normalized spacial score (nSPS) is 10.1. The fourth-order valence-electron chi connectivity index (χ4n) is 3.42. The molecular formula is C28H20N2O3. The molecule has 0 aliphatic heterocycles. The number of aromatic carboxylic acids is 1. The van der Waals surface area contributed by atoms with E-state index in [1.165, 1.54) is 0 Å². The maximum absolute atomic E-state index is 12.2. The van der Waals surface area contributed by atoms with Crippen molar-refractivity contribution in [3.05, 3.63) is 120 Å². The number of hydrogen-bond acceptors (Lipinski definition) is 3. The number of nitrogens with zero attached hydrogens (tertiary/aromatic N) is 1. The van der Waals surface area contributed by atoms with E-state index in [9.17, 15) is 14.7 Å². The molecule has 5 nitrogen and oxygen atoms in total. The molecule has 4 aromatic rings. The lowest BCUT2D eigenvalue weighted by Crippen LogP contribution is -2.14. The SMILES string of the molecule is O=C(Cc1ccc(C#Cc2cccc(C(=O)O)c2-c2ccccc2)cc1)Nc1cccnc1. The van der Waals surface area contributed by atoms with E-state index >= 15 is 0 Å². The zero-order chi connectivity index (χ0) is 23.0. The number of carboxylic acids is 1. The van der Waals surface area contributed by atoms with Crippen LogP contribution >= 0.6 is 0 Å². The second kappa shape index (κ2) is 10.1. The molecule has 0 bridgehead atoms. The minimum atomic E-state index is -0.994. The van der Waals surface area contributed by atoms with Crippen molar-refractivity contribution in [2.75, 3.05) is 5.32 Å². The van der Waals surface area contributed by atoms with Gasteiger partial charge >= 0.3 is 5.97 Å². The van der Waals surface area contributed by atoms with Gasteiger partial charge in [0.1, 0.15) is 0 Å². The topological polar surface area (TPSA) is 79.3 Å². The summed E-state index contributed by atoms with van der Waals surface area (Å²) >= 11 is 0. The van der Waals surface area contributed by atoms with Gasteiger partial charge in [-0.3, -0.25) is 9.78 Å². The van der Waals surface area contributed by atoms with Gasteiger partial charge in [0.15, 0.2) is 0 Å². The van der Waals surface area contributed by atoms with Gasteiger partial charge in [0.25, 0.3) is 0 Å². The summed E-state index contributed by atoms with van der Waals surface area (Å²) in [6.07, 6.45) is 3.48. The van der Waals surface area contributed by atoms with Gasteiger partial charge in [-0.05, 0) is 47.5 Å². The van der Waals surface area contributed by atoms with E-state index in [2.05, 4.69) is 22.1 Å². The van der Waals surface area contributed by atoms with Gasteiger partial charge in [0.05, 0.1) is 23.9 Å². The molecule has 0 aliphatic carbocycles. The summed E-state index contributed by atoms with van der Waals surface area (Å²) in [5, 5.41) is 12.5. The summed E-state index contributed by atoms with van der Waals surface area (Å²) in [7, 11) is 0. The van der Waals surface area contributed by atoms with Crippen molar-refractivity contribution >= 4 is 17.6 Å². The number of rotatable bonds is 5. The van der Waals surface area contributed by atoms with Crippen LogP contribution in [0.5, 0.6) is 0 Å². The average molecular weight is 432 g/mol. The molecule has 0 radical (unpaired) electrons. The summed E-state index contributed by atoms with van der Waals surface area (Å²) < 4.78 is 0. The summed E-state index contributed by atoms with van der Waals surface area (Å²) in [4.78, 5) is 28.0. The molecule has 0 saturated carbocycles. The lowest BCUT2D eigenvalue weighted by molar-refractivity contribution is -0.115.